The van der Waals surface area contributed by atoms with Crippen LogP contribution in [-0.2, 0) is 4.79 Å². The van der Waals surface area contributed by atoms with Crippen LogP contribution in [0.4, 0.5) is 4.79 Å². The molecule has 2 heterocycles. The molecule has 1 saturated heterocycles. The zero-order valence-corrected chi connectivity index (χ0v) is 9.96. The van der Waals surface area contributed by atoms with E-state index in [0.29, 0.717) is 4.91 Å². The number of imide groups is 1. The molecule has 1 aliphatic rings. The standard InChI is InChI=1S/C8H4BrNO2S2/c9-4-1-5(13-3-4)2-6-7(11)10-8(12)14-6/h1-3H,(H,10,11,12). The molecule has 0 unspecified atom stereocenters. The van der Waals surface area contributed by atoms with E-state index in [4.69, 9.17) is 0 Å². The van der Waals surface area contributed by atoms with Gasteiger partial charge in [-0.1, -0.05) is 0 Å². The number of thiophene rings is 1. The molecule has 2 amide bonds. The smallest absolute Gasteiger partial charge is 0.282 e. The highest BCUT2D eigenvalue weighted by atomic mass is 79.9. The maximum absolute atomic E-state index is 11.2. The van der Waals surface area contributed by atoms with Gasteiger partial charge in [-0.3, -0.25) is 14.9 Å². The third-order valence-corrected chi connectivity index (χ3v) is 3.95. The van der Waals surface area contributed by atoms with Crippen molar-refractivity contribution in [2.45, 2.75) is 0 Å². The first-order valence-electron chi connectivity index (χ1n) is 3.64. The Labute approximate surface area is 96.7 Å². The maximum atomic E-state index is 11.2. The molecular weight excluding hydrogens is 286 g/mol. The van der Waals surface area contributed by atoms with Crippen LogP contribution in [0.1, 0.15) is 4.88 Å². The summed E-state index contributed by atoms with van der Waals surface area (Å²) in [7, 11) is 0. The van der Waals surface area contributed by atoms with Gasteiger partial charge in [-0.15, -0.1) is 11.3 Å². The highest BCUT2D eigenvalue weighted by Crippen LogP contribution is 2.28. The SMILES string of the molecule is O=C1NC(=O)C(=Cc2cc(Br)cs2)S1. The zero-order valence-electron chi connectivity index (χ0n) is 6.74. The van der Waals surface area contributed by atoms with E-state index in [1.807, 2.05) is 11.4 Å². The Hall–Kier alpha value is -0.590. The van der Waals surface area contributed by atoms with Gasteiger partial charge in [0.05, 0.1) is 4.91 Å². The minimum Gasteiger partial charge on any atom is -0.282 e. The molecule has 2 rings (SSSR count). The Bertz CT molecular complexity index is 438. The van der Waals surface area contributed by atoms with E-state index in [1.54, 1.807) is 6.08 Å². The molecule has 0 saturated carbocycles. The van der Waals surface area contributed by atoms with Gasteiger partial charge < -0.3 is 0 Å². The molecule has 14 heavy (non-hydrogen) atoms. The first kappa shape index (κ1) is 9.95. The Morgan fingerprint density at radius 3 is 2.71 bits per heavy atom. The molecule has 0 radical (unpaired) electrons. The fraction of sp³-hybridized carbons (Fsp3) is 0. The lowest BCUT2D eigenvalue weighted by Crippen LogP contribution is -2.17. The van der Waals surface area contributed by atoms with Crippen LogP contribution in [0.5, 0.6) is 0 Å². The monoisotopic (exact) mass is 289 g/mol. The topological polar surface area (TPSA) is 46.2 Å². The molecular formula is C8H4BrNO2S2. The van der Waals surface area contributed by atoms with Gasteiger partial charge in [0.15, 0.2) is 0 Å². The predicted molar refractivity (Wildman–Crippen MR) is 61.1 cm³/mol. The van der Waals surface area contributed by atoms with E-state index in [1.165, 1.54) is 11.3 Å². The van der Waals surface area contributed by atoms with Crippen molar-refractivity contribution >= 4 is 56.3 Å². The zero-order chi connectivity index (χ0) is 10.1. The summed E-state index contributed by atoms with van der Waals surface area (Å²) >= 11 is 5.76. The Morgan fingerprint density at radius 1 is 1.43 bits per heavy atom. The van der Waals surface area contributed by atoms with Crippen LogP contribution in [0, 0.1) is 0 Å². The van der Waals surface area contributed by atoms with E-state index in [0.717, 1.165) is 21.1 Å². The molecule has 72 valence electrons. The van der Waals surface area contributed by atoms with Gasteiger partial charge in [-0.2, -0.15) is 0 Å². The van der Waals surface area contributed by atoms with Crippen LogP contribution in [0.3, 0.4) is 0 Å². The Kier molecular flexibility index (Phi) is 2.76. The molecule has 0 spiro atoms. The third kappa shape index (κ3) is 2.08. The number of carbonyl (C=O) groups excluding carboxylic acids is 2. The van der Waals surface area contributed by atoms with Crippen molar-refractivity contribution in [3.05, 3.63) is 25.7 Å². The highest BCUT2D eigenvalue weighted by molar-refractivity contribution is 9.10. The van der Waals surface area contributed by atoms with Gasteiger partial charge in [0.1, 0.15) is 0 Å². The van der Waals surface area contributed by atoms with Crippen molar-refractivity contribution in [2.75, 3.05) is 0 Å². The first-order chi connectivity index (χ1) is 6.65. The lowest BCUT2D eigenvalue weighted by molar-refractivity contribution is -0.115. The molecule has 0 aliphatic carbocycles. The fourth-order valence-corrected chi connectivity index (χ4v) is 3.08. The van der Waals surface area contributed by atoms with Crippen molar-refractivity contribution in [2.24, 2.45) is 0 Å². The van der Waals surface area contributed by atoms with Crippen molar-refractivity contribution < 1.29 is 9.59 Å². The summed E-state index contributed by atoms with van der Waals surface area (Å²) < 4.78 is 0.976. The van der Waals surface area contributed by atoms with Gasteiger partial charge in [0.25, 0.3) is 11.1 Å². The number of hydrogen-bond donors (Lipinski definition) is 1. The van der Waals surface area contributed by atoms with Gasteiger partial charge in [-0.05, 0) is 39.8 Å². The second-order valence-electron chi connectivity index (χ2n) is 2.52. The summed E-state index contributed by atoms with van der Waals surface area (Å²) in [5.74, 6) is -0.315. The summed E-state index contributed by atoms with van der Waals surface area (Å²) in [6, 6.07) is 1.90. The van der Waals surface area contributed by atoms with Gasteiger partial charge in [-0.25, -0.2) is 0 Å². The van der Waals surface area contributed by atoms with Crippen LogP contribution in [0.2, 0.25) is 0 Å². The molecule has 0 atom stereocenters. The normalized spacial score (nSPS) is 19.1. The summed E-state index contributed by atoms with van der Waals surface area (Å²) in [6.07, 6.45) is 1.71. The molecule has 6 heteroatoms. The van der Waals surface area contributed by atoms with Crippen LogP contribution in [-0.4, -0.2) is 11.1 Å². The predicted octanol–water partition coefficient (Wildman–Crippen LogP) is 2.83. The van der Waals surface area contributed by atoms with E-state index < -0.39 is 0 Å². The van der Waals surface area contributed by atoms with Crippen molar-refractivity contribution in [1.82, 2.24) is 5.32 Å². The van der Waals surface area contributed by atoms with Crippen molar-refractivity contribution in [1.29, 1.82) is 0 Å². The molecule has 0 aromatic carbocycles. The number of rotatable bonds is 1. The molecule has 3 nitrogen and oxygen atoms in total. The molecule has 1 N–H and O–H groups in total. The van der Waals surface area contributed by atoms with Crippen molar-refractivity contribution in [3.63, 3.8) is 0 Å². The Balaban J connectivity index is 2.27. The average molecular weight is 290 g/mol. The molecule has 1 aromatic rings. The van der Waals surface area contributed by atoms with Crippen LogP contribution in [0.15, 0.2) is 20.8 Å². The van der Waals surface area contributed by atoms with Crippen molar-refractivity contribution in [3.8, 4) is 0 Å². The summed E-state index contributed by atoms with van der Waals surface area (Å²) in [5.41, 5.74) is 0. The molecule has 1 aliphatic heterocycles. The summed E-state index contributed by atoms with van der Waals surface area (Å²) in [4.78, 5) is 23.4. The van der Waals surface area contributed by atoms with Crippen LogP contribution < -0.4 is 5.32 Å². The van der Waals surface area contributed by atoms with Gasteiger partial charge in [0.2, 0.25) is 0 Å². The second-order valence-corrected chi connectivity index (χ2v) is 5.39. The van der Waals surface area contributed by atoms with E-state index in [2.05, 4.69) is 21.2 Å². The second kappa shape index (κ2) is 3.88. The number of halogens is 1. The number of hydrogen-bond acceptors (Lipinski definition) is 4. The fourth-order valence-electron chi connectivity index (χ4n) is 0.954. The molecule has 0 bridgehead atoms. The number of amides is 2. The summed E-state index contributed by atoms with van der Waals surface area (Å²) in [6.45, 7) is 0. The number of thioether (sulfide) groups is 1. The maximum Gasteiger partial charge on any atom is 0.290 e. The van der Waals surface area contributed by atoms with Crippen LogP contribution >= 0.6 is 39.0 Å². The quantitative estimate of drug-likeness (QED) is 0.809. The van der Waals surface area contributed by atoms with Gasteiger partial charge in [0, 0.05) is 14.7 Å². The Morgan fingerprint density at radius 2 is 2.21 bits per heavy atom. The minimum atomic E-state index is -0.315. The number of nitrogens with one attached hydrogen (secondary N) is 1. The lowest BCUT2D eigenvalue weighted by Gasteiger charge is -1.87. The minimum absolute atomic E-state index is 0.308. The first-order valence-corrected chi connectivity index (χ1v) is 6.13. The third-order valence-electron chi connectivity index (χ3n) is 1.50. The highest BCUT2D eigenvalue weighted by Gasteiger charge is 2.24. The molecule has 1 fully saturated rings. The van der Waals surface area contributed by atoms with E-state index in [9.17, 15) is 9.59 Å². The number of carbonyl (C=O) groups is 2. The summed E-state index contributed by atoms with van der Waals surface area (Å²) in [5, 5.41) is 3.82. The molecule has 1 aromatic heterocycles. The average Bonchev–Trinajstić information content (AvgIpc) is 2.61. The largest absolute Gasteiger partial charge is 0.290 e. The van der Waals surface area contributed by atoms with E-state index >= 15 is 0 Å². The van der Waals surface area contributed by atoms with E-state index in [-0.39, 0.29) is 11.1 Å². The van der Waals surface area contributed by atoms with Crippen LogP contribution in [0.25, 0.3) is 6.08 Å². The van der Waals surface area contributed by atoms with Gasteiger partial charge >= 0.3 is 0 Å². The lowest BCUT2D eigenvalue weighted by atomic mass is 10.4.